The summed E-state index contributed by atoms with van der Waals surface area (Å²) in [6.45, 7) is 16.4. The lowest BCUT2D eigenvalue weighted by molar-refractivity contribution is -0.135. The number of carbonyl (C=O) groups is 2. The van der Waals surface area contributed by atoms with Crippen LogP contribution in [0.3, 0.4) is 0 Å². The molecule has 27 heavy (non-hydrogen) atoms. The van der Waals surface area contributed by atoms with Gasteiger partial charge in [-0.1, -0.05) is 32.9 Å². The molecule has 0 aromatic rings. The van der Waals surface area contributed by atoms with Crippen molar-refractivity contribution in [1.82, 2.24) is 4.90 Å². The first-order valence-corrected chi connectivity index (χ1v) is 12.4. The number of carbonyl (C=O) groups excluding carboxylic acids is 2. The second-order valence-electron chi connectivity index (χ2n) is 10.1. The van der Waals surface area contributed by atoms with Crippen LogP contribution in [0.25, 0.3) is 0 Å². The van der Waals surface area contributed by atoms with Gasteiger partial charge in [-0.2, -0.15) is 0 Å². The summed E-state index contributed by atoms with van der Waals surface area (Å²) >= 11 is 0. The van der Waals surface area contributed by atoms with Crippen molar-refractivity contribution in [2.45, 2.75) is 83.3 Å². The molecule has 0 unspecified atom stereocenters. The van der Waals surface area contributed by atoms with Crippen LogP contribution in [0.4, 0.5) is 4.79 Å². The van der Waals surface area contributed by atoms with E-state index in [1.165, 1.54) is 0 Å². The molecule has 1 amide bonds. The van der Waals surface area contributed by atoms with E-state index >= 15 is 0 Å². The third kappa shape index (κ3) is 3.20. The van der Waals surface area contributed by atoms with E-state index in [-0.39, 0.29) is 17.7 Å². The fraction of sp³-hybridized carbons (Fsp3) is 0.700. The number of hydrogen-bond acceptors (Lipinski definition) is 5. The minimum Gasteiger partial charge on any atom is -0.546 e. The summed E-state index contributed by atoms with van der Waals surface area (Å²) in [6.07, 6.45) is 3.91. The number of amides is 1. The van der Waals surface area contributed by atoms with Crippen LogP contribution in [-0.2, 0) is 18.7 Å². The topological polar surface area (TPSA) is 65.1 Å². The second kappa shape index (κ2) is 5.87. The van der Waals surface area contributed by atoms with Crippen molar-refractivity contribution >= 4 is 20.4 Å². The fourth-order valence-electron chi connectivity index (χ4n) is 3.52. The average molecular weight is 394 g/mol. The van der Waals surface area contributed by atoms with Gasteiger partial charge in [-0.25, -0.2) is 9.59 Å². The molecule has 0 aromatic carbocycles. The summed E-state index contributed by atoms with van der Waals surface area (Å²) in [7, 11) is -2.13. The molecule has 1 saturated heterocycles. The van der Waals surface area contributed by atoms with Gasteiger partial charge < -0.3 is 13.9 Å². The Hall–Kier alpha value is -1.76. The first kappa shape index (κ1) is 20.0. The van der Waals surface area contributed by atoms with Gasteiger partial charge in [0.15, 0.2) is 0 Å². The van der Waals surface area contributed by atoms with Crippen molar-refractivity contribution in [2.24, 2.45) is 0 Å². The van der Waals surface area contributed by atoms with Crippen molar-refractivity contribution < 1.29 is 23.5 Å². The molecule has 7 heteroatoms. The number of cyclic esters (lactones) is 1. The standard InChI is InChI=1S/C20H31NO5Si/c1-18(2,3)25-17(23)21-13-9-10-20(21)12-24-16(22)15(20)14(11-13)26-27(7,8)19(4,5)6/h9-10,13H,11-12H2,1-8H3/t13-,20-/m1/s1. The number of nitrogens with zero attached hydrogens (tertiary/aromatic N) is 1. The predicted molar refractivity (Wildman–Crippen MR) is 105 cm³/mol. The van der Waals surface area contributed by atoms with Gasteiger partial charge in [0.05, 0.1) is 11.8 Å². The minimum absolute atomic E-state index is 0.00497. The summed E-state index contributed by atoms with van der Waals surface area (Å²) in [5.74, 6) is 0.279. The molecule has 150 valence electrons. The van der Waals surface area contributed by atoms with E-state index in [4.69, 9.17) is 13.9 Å². The molecule has 0 saturated carbocycles. The molecular formula is C20H31NO5Si. The maximum Gasteiger partial charge on any atom is 0.411 e. The Labute approximate surface area is 162 Å². The first-order chi connectivity index (χ1) is 12.2. The lowest BCUT2D eigenvalue weighted by Gasteiger charge is -2.44. The maximum atomic E-state index is 12.9. The highest BCUT2D eigenvalue weighted by atomic mass is 28.4. The quantitative estimate of drug-likeness (QED) is 0.401. The van der Waals surface area contributed by atoms with Gasteiger partial charge in [0, 0.05) is 6.42 Å². The largest absolute Gasteiger partial charge is 0.546 e. The average Bonchev–Trinajstić information content (AvgIpc) is 2.93. The molecule has 6 nitrogen and oxygen atoms in total. The Balaban J connectivity index is 2.01. The van der Waals surface area contributed by atoms with Gasteiger partial charge >= 0.3 is 12.1 Å². The Morgan fingerprint density at radius 3 is 2.44 bits per heavy atom. The third-order valence-corrected chi connectivity index (χ3v) is 10.2. The van der Waals surface area contributed by atoms with Crippen molar-refractivity contribution in [3.8, 4) is 0 Å². The summed E-state index contributed by atoms with van der Waals surface area (Å²) in [4.78, 5) is 27.2. The van der Waals surface area contributed by atoms with Crippen LogP contribution >= 0.6 is 0 Å². The molecule has 0 radical (unpaired) electrons. The van der Waals surface area contributed by atoms with E-state index < -0.39 is 31.5 Å². The number of esters is 1. The highest BCUT2D eigenvalue weighted by Gasteiger charge is 2.61. The van der Waals surface area contributed by atoms with Gasteiger partial charge in [-0.05, 0) is 38.9 Å². The summed E-state index contributed by atoms with van der Waals surface area (Å²) in [5.41, 5.74) is -1.07. The highest BCUT2D eigenvalue weighted by Crippen LogP contribution is 2.49. The maximum absolute atomic E-state index is 12.9. The molecule has 0 aromatic heterocycles. The molecule has 3 heterocycles. The summed E-state index contributed by atoms with van der Waals surface area (Å²) < 4.78 is 17.5. The van der Waals surface area contributed by atoms with Crippen molar-refractivity contribution in [3.05, 3.63) is 23.5 Å². The molecule has 0 aliphatic carbocycles. The van der Waals surface area contributed by atoms with Crippen LogP contribution in [0.2, 0.25) is 18.1 Å². The van der Waals surface area contributed by atoms with E-state index in [1.54, 1.807) is 4.90 Å². The van der Waals surface area contributed by atoms with Crippen LogP contribution in [0.5, 0.6) is 0 Å². The Kier molecular flexibility index (Phi) is 4.34. The smallest absolute Gasteiger partial charge is 0.411 e. The Morgan fingerprint density at radius 2 is 1.89 bits per heavy atom. The van der Waals surface area contributed by atoms with Crippen LogP contribution < -0.4 is 0 Å². The second-order valence-corrected chi connectivity index (χ2v) is 14.9. The van der Waals surface area contributed by atoms with E-state index in [0.717, 1.165) is 0 Å². The van der Waals surface area contributed by atoms with E-state index in [9.17, 15) is 9.59 Å². The number of fused-ring (bicyclic) bond motifs is 1. The molecule has 2 bridgehead atoms. The van der Waals surface area contributed by atoms with Crippen LogP contribution in [0.1, 0.15) is 48.0 Å². The van der Waals surface area contributed by atoms with Crippen LogP contribution in [-0.4, -0.2) is 49.1 Å². The molecule has 3 aliphatic heterocycles. The molecule has 1 fully saturated rings. The van der Waals surface area contributed by atoms with Crippen LogP contribution in [0.15, 0.2) is 23.5 Å². The Bertz CT molecular complexity index is 740. The normalized spacial score (nSPS) is 27.6. The van der Waals surface area contributed by atoms with E-state index in [2.05, 4.69) is 33.9 Å². The molecular weight excluding hydrogens is 362 g/mol. The van der Waals surface area contributed by atoms with Crippen molar-refractivity contribution in [1.29, 1.82) is 0 Å². The minimum atomic E-state index is -2.13. The zero-order valence-corrected chi connectivity index (χ0v) is 18.6. The van der Waals surface area contributed by atoms with Crippen molar-refractivity contribution in [3.63, 3.8) is 0 Å². The zero-order chi connectivity index (χ0) is 20.4. The number of hydrogen-bond donors (Lipinski definition) is 0. The van der Waals surface area contributed by atoms with Gasteiger partial charge in [0.2, 0.25) is 8.32 Å². The summed E-state index contributed by atoms with van der Waals surface area (Å²) in [5, 5.41) is 0.00497. The predicted octanol–water partition coefficient (Wildman–Crippen LogP) is 4.14. The zero-order valence-electron chi connectivity index (χ0n) is 17.6. The van der Waals surface area contributed by atoms with Gasteiger partial charge in [-0.15, -0.1) is 0 Å². The van der Waals surface area contributed by atoms with Gasteiger partial charge in [0.25, 0.3) is 0 Å². The highest BCUT2D eigenvalue weighted by molar-refractivity contribution is 6.74. The van der Waals surface area contributed by atoms with Gasteiger partial charge in [-0.3, -0.25) is 4.90 Å². The van der Waals surface area contributed by atoms with E-state index in [1.807, 2.05) is 32.9 Å². The fourth-order valence-corrected chi connectivity index (χ4v) is 4.63. The Morgan fingerprint density at radius 1 is 1.26 bits per heavy atom. The number of rotatable bonds is 2. The number of ether oxygens (including phenoxy) is 2. The lowest BCUT2D eigenvalue weighted by atomic mass is 9.87. The first-order valence-electron chi connectivity index (χ1n) is 9.49. The lowest BCUT2D eigenvalue weighted by Crippen LogP contribution is -2.57. The molecule has 1 spiro atoms. The van der Waals surface area contributed by atoms with Crippen LogP contribution in [0, 0.1) is 0 Å². The van der Waals surface area contributed by atoms with Gasteiger partial charge in [0.1, 0.15) is 23.3 Å². The summed E-state index contributed by atoms with van der Waals surface area (Å²) in [6, 6.07) is -0.196. The SMILES string of the molecule is CC(C)(C)OC(=O)N1[C@@H]2C=C[C@]13COC(=O)C3=C(O[Si](C)(C)C(C)(C)C)C2. The molecule has 0 N–H and O–H groups in total. The van der Waals surface area contributed by atoms with Crippen molar-refractivity contribution in [2.75, 3.05) is 6.61 Å². The monoisotopic (exact) mass is 393 g/mol. The molecule has 3 rings (SSSR count). The molecule has 2 atom stereocenters. The third-order valence-electron chi connectivity index (χ3n) is 5.86. The van der Waals surface area contributed by atoms with E-state index in [0.29, 0.717) is 17.8 Å². The molecule has 3 aliphatic rings.